The van der Waals surface area contributed by atoms with E-state index in [1.54, 1.807) is 0 Å². The monoisotopic (exact) mass is 593 g/mol. The van der Waals surface area contributed by atoms with Crippen LogP contribution in [-0.4, -0.2) is 23.1 Å². The van der Waals surface area contributed by atoms with Crippen LogP contribution < -0.4 is 0 Å². The van der Waals surface area contributed by atoms with Crippen molar-refractivity contribution >= 4 is 11.9 Å². The van der Waals surface area contributed by atoms with Gasteiger partial charge in [0.15, 0.2) is 0 Å². The molecule has 1 atom stereocenters. The number of aliphatic carboxylic acids is 1. The molecule has 0 rings (SSSR count). The maximum absolute atomic E-state index is 12.6. The third-order valence-corrected chi connectivity index (χ3v) is 8.49. The number of carboxylic acids is 1. The van der Waals surface area contributed by atoms with Gasteiger partial charge in [-0.25, -0.2) is 0 Å². The van der Waals surface area contributed by atoms with E-state index in [2.05, 4.69) is 26.0 Å². The smallest absolute Gasteiger partial charge is 0.306 e. The highest BCUT2D eigenvalue weighted by molar-refractivity contribution is 5.69. The van der Waals surface area contributed by atoms with Gasteiger partial charge >= 0.3 is 11.9 Å². The molecule has 0 aliphatic carbocycles. The van der Waals surface area contributed by atoms with E-state index in [0.29, 0.717) is 6.42 Å². The molecule has 248 valence electrons. The first-order valence-corrected chi connectivity index (χ1v) is 18.7. The van der Waals surface area contributed by atoms with Crippen molar-refractivity contribution in [2.45, 2.75) is 219 Å². The van der Waals surface area contributed by atoms with E-state index in [1.165, 1.54) is 122 Å². The Balaban J connectivity index is 4.04. The molecule has 0 bridgehead atoms. The third-order valence-electron chi connectivity index (χ3n) is 8.49. The van der Waals surface area contributed by atoms with Crippen molar-refractivity contribution in [2.75, 3.05) is 0 Å². The van der Waals surface area contributed by atoms with Crippen LogP contribution in [0.1, 0.15) is 213 Å². The molecule has 0 saturated heterocycles. The van der Waals surface area contributed by atoms with E-state index in [0.717, 1.165) is 64.2 Å². The molecule has 0 aliphatic heterocycles. The number of ether oxygens (including phenoxy) is 1. The summed E-state index contributed by atoms with van der Waals surface area (Å²) in [7, 11) is 0. The lowest BCUT2D eigenvalue weighted by Gasteiger charge is -2.18. The van der Waals surface area contributed by atoms with E-state index in [9.17, 15) is 9.59 Å². The number of carbonyl (C=O) groups excluding carboxylic acids is 1. The van der Waals surface area contributed by atoms with Gasteiger partial charge < -0.3 is 9.84 Å². The lowest BCUT2D eigenvalue weighted by Crippen LogP contribution is -2.18. The third kappa shape index (κ3) is 33.2. The van der Waals surface area contributed by atoms with Crippen LogP contribution >= 0.6 is 0 Å². The van der Waals surface area contributed by atoms with Crippen molar-refractivity contribution in [2.24, 2.45) is 0 Å². The van der Waals surface area contributed by atoms with Gasteiger partial charge in [-0.05, 0) is 64.2 Å². The molecule has 0 heterocycles. The zero-order valence-corrected chi connectivity index (χ0v) is 28.3. The summed E-state index contributed by atoms with van der Waals surface area (Å²) in [5.41, 5.74) is 0. The quantitative estimate of drug-likeness (QED) is 0.0458. The fourth-order valence-corrected chi connectivity index (χ4v) is 5.71. The SMILES string of the molecule is CCCCCC/C=C\CCCCCCCC(=O)OC(CCCCCCCCCCCCC)CCCCCCCC(=O)O. The van der Waals surface area contributed by atoms with Crippen LogP contribution in [0.4, 0.5) is 0 Å². The van der Waals surface area contributed by atoms with E-state index in [4.69, 9.17) is 9.84 Å². The van der Waals surface area contributed by atoms with Crippen molar-refractivity contribution < 1.29 is 19.4 Å². The Labute approximate surface area is 262 Å². The normalized spacial score (nSPS) is 12.2. The molecule has 0 spiro atoms. The molecule has 0 aromatic heterocycles. The minimum Gasteiger partial charge on any atom is -0.481 e. The Hall–Kier alpha value is -1.32. The van der Waals surface area contributed by atoms with Gasteiger partial charge in [0.25, 0.3) is 0 Å². The Bertz CT molecular complexity index is 600. The van der Waals surface area contributed by atoms with Crippen LogP contribution in [0.3, 0.4) is 0 Å². The summed E-state index contributed by atoms with van der Waals surface area (Å²) in [6, 6.07) is 0. The van der Waals surface area contributed by atoms with Crippen molar-refractivity contribution in [3.05, 3.63) is 12.2 Å². The number of hydrogen-bond acceptors (Lipinski definition) is 3. The second kappa shape index (κ2) is 34.2. The molecule has 1 N–H and O–H groups in total. The average Bonchev–Trinajstić information content (AvgIpc) is 2.97. The number of esters is 1. The van der Waals surface area contributed by atoms with Crippen LogP contribution in [0.25, 0.3) is 0 Å². The number of carbonyl (C=O) groups is 2. The predicted molar refractivity (Wildman–Crippen MR) is 181 cm³/mol. The fraction of sp³-hybridized carbons (Fsp3) is 0.895. The van der Waals surface area contributed by atoms with Gasteiger partial charge in [-0.15, -0.1) is 0 Å². The summed E-state index contributed by atoms with van der Waals surface area (Å²) in [5, 5.41) is 8.80. The first-order chi connectivity index (χ1) is 20.6. The van der Waals surface area contributed by atoms with Crippen LogP contribution in [-0.2, 0) is 14.3 Å². The van der Waals surface area contributed by atoms with Crippen LogP contribution in [0.2, 0.25) is 0 Å². The first-order valence-electron chi connectivity index (χ1n) is 18.7. The molecule has 4 nitrogen and oxygen atoms in total. The van der Waals surface area contributed by atoms with Gasteiger partial charge in [-0.3, -0.25) is 9.59 Å². The van der Waals surface area contributed by atoms with E-state index >= 15 is 0 Å². The number of rotatable bonds is 34. The molecule has 0 saturated carbocycles. The molecule has 42 heavy (non-hydrogen) atoms. The molecular weight excluding hydrogens is 520 g/mol. The highest BCUT2D eigenvalue weighted by Gasteiger charge is 2.14. The molecule has 0 fully saturated rings. The van der Waals surface area contributed by atoms with E-state index in [-0.39, 0.29) is 18.5 Å². The van der Waals surface area contributed by atoms with Gasteiger partial charge in [-0.2, -0.15) is 0 Å². The minimum atomic E-state index is -0.699. The summed E-state index contributed by atoms with van der Waals surface area (Å²) >= 11 is 0. The summed E-state index contributed by atoms with van der Waals surface area (Å²) in [5.74, 6) is -0.704. The Morgan fingerprint density at radius 1 is 0.500 bits per heavy atom. The molecule has 0 aliphatic rings. The Morgan fingerprint density at radius 2 is 0.857 bits per heavy atom. The molecule has 0 aromatic rings. The Kier molecular flexibility index (Phi) is 33.1. The van der Waals surface area contributed by atoms with Crippen molar-refractivity contribution in [3.63, 3.8) is 0 Å². The average molecular weight is 593 g/mol. The van der Waals surface area contributed by atoms with Gasteiger partial charge in [0.05, 0.1) is 0 Å². The molecule has 0 amide bonds. The van der Waals surface area contributed by atoms with Gasteiger partial charge in [0.1, 0.15) is 6.10 Å². The number of carboxylic acid groups (broad SMARTS) is 1. The van der Waals surface area contributed by atoms with Crippen LogP contribution in [0, 0.1) is 0 Å². The topological polar surface area (TPSA) is 63.6 Å². The van der Waals surface area contributed by atoms with E-state index < -0.39 is 5.97 Å². The number of unbranched alkanes of at least 4 members (excludes halogenated alkanes) is 23. The molecule has 4 heteroatoms. The lowest BCUT2D eigenvalue weighted by atomic mass is 10.0. The Morgan fingerprint density at radius 3 is 1.31 bits per heavy atom. The molecule has 0 aromatic carbocycles. The minimum absolute atomic E-state index is 0.00413. The highest BCUT2D eigenvalue weighted by Crippen LogP contribution is 2.19. The maximum atomic E-state index is 12.6. The summed E-state index contributed by atoms with van der Waals surface area (Å²) < 4.78 is 5.98. The predicted octanol–water partition coefficient (Wildman–Crippen LogP) is 12.7. The van der Waals surface area contributed by atoms with Crippen molar-refractivity contribution in [1.29, 1.82) is 0 Å². The zero-order valence-electron chi connectivity index (χ0n) is 28.3. The number of allylic oxidation sites excluding steroid dienone is 2. The zero-order chi connectivity index (χ0) is 30.8. The number of hydrogen-bond donors (Lipinski definition) is 1. The second-order valence-corrected chi connectivity index (χ2v) is 12.8. The van der Waals surface area contributed by atoms with Gasteiger partial charge in [0.2, 0.25) is 0 Å². The lowest BCUT2D eigenvalue weighted by molar-refractivity contribution is -0.150. The summed E-state index contributed by atoms with van der Waals surface area (Å²) in [6.07, 6.45) is 40.8. The standard InChI is InChI=1S/C38H72O4/c1-3-5-7-9-11-13-15-16-18-20-22-27-31-35-38(41)42-36(33-29-25-23-26-30-34-37(39)40)32-28-24-21-19-17-14-12-10-8-6-4-2/h13,15,36H,3-12,14,16-35H2,1-2H3,(H,39,40)/b15-13-. The molecule has 0 radical (unpaired) electrons. The largest absolute Gasteiger partial charge is 0.481 e. The highest BCUT2D eigenvalue weighted by atomic mass is 16.5. The van der Waals surface area contributed by atoms with Gasteiger partial charge in [0, 0.05) is 12.8 Å². The first kappa shape index (κ1) is 40.7. The molecule has 1 unspecified atom stereocenters. The van der Waals surface area contributed by atoms with Crippen LogP contribution in [0.15, 0.2) is 12.2 Å². The fourth-order valence-electron chi connectivity index (χ4n) is 5.71. The van der Waals surface area contributed by atoms with E-state index in [1.807, 2.05) is 0 Å². The van der Waals surface area contributed by atoms with Crippen molar-refractivity contribution in [1.82, 2.24) is 0 Å². The van der Waals surface area contributed by atoms with Crippen LogP contribution in [0.5, 0.6) is 0 Å². The maximum Gasteiger partial charge on any atom is 0.306 e. The van der Waals surface area contributed by atoms with Crippen molar-refractivity contribution in [3.8, 4) is 0 Å². The summed E-state index contributed by atoms with van der Waals surface area (Å²) in [4.78, 5) is 23.3. The second-order valence-electron chi connectivity index (χ2n) is 12.8. The summed E-state index contributed by atoms with van der Waals surface area (Å²) in [6.45, 7) is 4.53. The van der Waals surface area contributed by atoms with Gasteiger partial charge in [-0.1, -0.05) is 148 Å². The molecular formula is C38H72O4.